The molecule has 1 heterocycles. The number of hydrogen-bond acceptors (Lipinski definition) is 1. The lowest BCUT2D eigenvalue weighted by Crippen LogP contribution is -2.25. The molecule has 1 heteroatoms. The quantitative estimate of drug-likeness (QED) is 0.757. The first kappa shape index (κ1) is 10.3. The van der Waals surface area contributed by atoms with Gasteiger partial charge in [0.25, 0.3) is 0 Å². The fraction of sp³-hybridized carbons (Fsp3) is 0.600. The first-order valence-corrected chi connectivity index (χ1v) is 6.76. The van der Waals surface area contributed by atoms with Crippen molar-refractivity contribution < 1.29 is 0 Å². The molecule has 0 amide bonds. The Bertz CT molecular complexity index is 364. The Labute approximate surface area is 98.3 Å². The van der Waals surface area contributed by atoms with Gasteiger partial charge >= 0.3 is 0 Å². The van der Waals surface area contributed by atoms with Gasteiger partial charge in [0, 0.05) is 6.54 Å². The third-order valence-corrected chi connectivity index (χ3v) is 4.22. The van der Waals surface area contributed by atoms with Crippen LogP contribution >= 0.6 is 0 Å². The van der Waals surface area contributed by atoms with E-state index in [9.17, 15) is 0 Å². The van der Waals surface area contributed by atoms with Gasteiger partial charge in [-0.3, -0.25) is 0 Å². The molecule has 0 spiro atoms. The van der Waals surface area contributed by atoms with Crippen molar-refractivity contribution in [3.8, 4) is 0 Å². The first-order valence-electron chi connectivity index (χ1n) is 6.76. The highest BCUT2D eigenvalue weighted by atomic mass is 14.9. The van der Waals surface area contributed by atoms with Crippen LogP contribution in [0.4, 0.5) is 0 Å². The number of fused-ring (bicyclic) bond motifs is 1. The molecule has 1 aliphatic heterocycles. The number of hydrogen-bond donors (Lipinski definition) is 1. The number of nitrogens with one attached hydrogen (secondary N) is 1. The third-order valence-electron chi connectivity index (χ3n) is 4.22. The monoisotopic (exact) mass is 215 g/mol. The van der Waals surface area contributed by atoms with Gasteiger partial charge in [-0.2, -0.15) is 0 Å². The summed E-state index contributed by atoms with van der Waals surface area (Å²) >= 11 is 0. The van der Waals surface area contributed by atoms with Crippen molar-refractivity contribution in [2.24, 2.45) is 0 Å². The molecule has 1 aliphatic carbocycles. The Morgan fingerprint density at radius 1 is 1.06 bits per heavy atom. The number of benzene rings is 1. The Morgan fingerprint density at radius 2 is 1.94 bits per heavy atom. The zero-order valence-corrected chi connectivity index (χ0v) is 9.97. The molecule has 0 saturated heterocycles. The van der Waals surface area contributed by atoms with Crippen molar-refractivity contribution in [2.75, 3.05) is 6.54 Å². The van der Waals surface area contributed by atoms with E-state index < -0.39 is 0 Å². The molecule has 1 N–H and O–H groups in total. The van der Waals surface area contributed by atoms with Gasteiger partial charge in [0.2, 0.25) is 0 Å². The van der Waals surface area contributed by atoms with E-state index in [2.05, 4.69) is 23.5 Å². The van der Waals surface area contributed by atoms with Gasteiger partial charge in [0.1, 0.15) is 0 Å². The second kappa shape index (κ2) is 4.58. The molecule has 1 aromatic carbocycles. The van der Waals surface area contributed by atoms with Gasteiger partial charge < -0.3 is 5.32 Å². The van der Waals surface area contributed by atoms with E-state index >= 15 is 0 Å². The molecular weight excluding hydrogens is 194 g/mol. The van der Waals surface area contributed by atoms with Crippen LogP contribution < -0.4 is 5.32 Å². The molecule has 1 saturated carbocycles. The molecule has 0 unspecified atom stereocenters. The second-order valence-corrected chi connectivity index (χ2v) is 5.25. The van der Waals surface area contributed by atoms with E-state index in [1.165, 1.54) is 38.5 Å². The smallest absolute Gasteiger partial charge is 0.0208 e. The van der Waals surface area contributed by atoms with Gasteiger partial charge in [-0.25, -0.2) is 0 Å². The molecule has 2 aliphatic rings. The van der Waals surface area contributed by atoms with Crippen molar-refractivity contribution >= 4 is 0 Å². The molecule has 1 nitrogen and oxygen atoms in total. The predicted molar refractivity (Wildman–Crippen MR) is 67.7 cm³/mol. The van der Waals surface area contributed by atoms with Crippen LogP contribution in [-0.4, -0.2) is 6.54 Å². The van der Waals surface area contributed by atoms with E-state index in [0.717, 1.165) is 19.0 Å². The van der Waals surface area contributed by atoms with Gasteiger partial charge in [0.15, 0.2) is 0 Å². The van der Waals surface area contributed by atoms with Crippen LogP contribution in [-0.2, 0) is 13.0 Å². The van der Waals surface area contributed by atoms with Gasteiger partial charge in [0.05, 0.1) is 0 Å². The maximum atomic E-state index is 3.47. The molecule has 3 rings (SSSR count). The highest BCUT2D eigenvalue weighted by molar-refractivity contribution is 5.39. The van der Waals surface area contributed by atoms with Gasteiger partial charge in [-0.05, 0) is 48.4 Å². The zero-order chi connectivity index (χ0) is 10.8. The largest absolute Gasteiger partial charge is 0.312 e. The van der Waals surface area contributed by atoms with Crippen LogP contribution in [0, 0.1) is 0 Å². The molecule has 16 heavy (non-hydrogen) atoms. The summed E-state index contributed by atoms with van der Waals surface area (Å²) in [6.45, 7) is 2.24. The SMILES string of the molecule is c1cc2c(c(C3CCCCC3)c1)CCNC2. The second-order valence-electron chi connectivity index (χ2n) is 5.25. The van der Waals surface area contributed by atoms with Crippen LogP contribution in [0.2, 0.25) is 0 Å². The lowest BCUT2D eigenvalue weighted by atomic mass is 9.80. The maximum Gasteiger partial charge on any atom is 0.0208 e. The molecule has 0 bridgehead atoms. The predicted octanol–water partition coefficient (Wildman–Crippen LogP) is 3.38. The average Bonchev–Trinajstić information content (AvgIpc) is 2.39. The minimum Gasteiger partial charge on any atom is -0.312 e. The summed E-state index contributed by atoms with van der Waals surface area (Å²) in [4.78, 5) is 0. The standard InChI is InChI=1S/C15H21N/c1-2-5-12(6-3-1)14-8-4-7-13-11-16-10-9-15(13)14/h4,7-8,12,16H,1-3,5-6,9-11H2. The summed E-state index contributed by atoms with van der Waals surface area (Å²) in [5.41, 5.74) is 4.90. The van der Waals surface area contributed by atoms with Crippen LogP contribution in [0.1, 0.15) is 54.7 Å². The topological polar surface area (TPSA) is 12.0 Å². The zero-order valence-electron chi connectivity index (χ0n) is 9.97. The fourth-order valence-electron chi connectivity index (χ4n) is 3.36. The average molecular weight is 215 g/mol. The Hall–Kier alpha value is -0.820. The van der Waals surface area contributed by atoms with E-state index in [-0.39, 0.29) is 0 Å². The minimum absolute atomic E-state index is 0.863. The Balaban J connectivity index is 1.93. The summed E-state index contributed by atoms with van der Waals surface area (Å²) in [5.74, 6) is 0.863. The van der Waals surface area contributed by atoms with Crippen LogP contribution in [0.5, 0.6) is 0 Å². The maximum absolute atomic E-state index is 3.47. The van der Waals surface area contributed by atoms with Crippen LogP contribution in [0.15, 0.2) is 18.2 Å². The lowest BCUT2D eigenvalue weighted by Gasteiger charge is -2.28. The molecule has 0 atom stereocenters. The van der Waals surface area contributed by atoms with Crippen molar-refractivity contribution in [3.05, 3.63) is 34.9 Å². The summed E-state index contributed by atoms with van der Waals surface area (Å²) in [6, 6.07) is 6.95. The van der Waals surface area contributed by atoms with E-state index in [4.69, 9.17) is 0 Å². The number of rotatable bonds is 1. The van der Waals surface area contributed by atoms with Crippen LogP contribution in [0.3, 0.4) is 0 Å². The normalized spacial score (nSPS) is 21.8. The van der Waals surface area contributed by atoms with E-state index in [1.807, 2.05) is 0 Å². The summed E-state index contributed by atoms with van der Waals surface area (Å²) in [6.07, 6.45) is 8.40. The van der Waals surface area contributed by atoms with Crippen molar-refractivity contribution in [3.63, 3.8) is 0 Å². The van der Waals surface area contributed by atoms with Crippen molar-refractivity contribution in [1.82, 2.24) is 5.32 Å². The molecule has 1 fully saturated rings. The van der Waals surface area contributed by atoms with E-state index in [1.54, 1.807) is 16.7 Å². The lowest BCUT2D eigenvalue weighted by molar-refractivity contribution is 0.439. The first-order chi connectivity index (χ1) is 7.95. The summed E-state index contributed by atoms with van der Waals surface area (Å²) in [7, 11) is 0. The summed E-state index contributed by atoms with van der Waals surface area (Å²) < 4.78 is 0. The van der Waals surface area contributed by atoms with Gasteiger partial charge in [-0.1, -0.05) is 37.5 Å². The highest BCUT2D eigenvalue weighted by Gasteiger charge is 2.20. The van der Waals surface area contributed by atoms with Crippen molar-refractivity contribution in [2.45, 2.75) is 51.0 Å². The van der Waals surface area contributed by atoms with E-state index in [0.29, 0.717) is 0 Å². The molecule has 0 aromatic heterocycles. The minimum atomic E-state index is 0.863. The fourth-order valence-corrected chi connectivity index (χ4v) is 3.36. The Morgan fingerprint density at radius 3 is 2.81 bits per heavy atom. The highest BCUT2D eigenvalue weighted by Crippen LogP contribution is 2.36. The molecule has 86 valence electrons. The summed E-state index contributed by atoms with van der Waals surface area (Å²) in [5, 5.41) is 3.47. The van der Waals surface area contributed by atoms with Gasteiger partial charge in [-0.15, -0.1) is 0 Å². The molecule has 1 aromatic rings. The van der Waals surface area contributed by atoms with Crippen LogP contribution in [0.25, 0.3) is 0 Å². The molecule has 0 radical (unpaired) electrons. The van der Waals surface area contributed by atoms with Crippen molar-refractivity contribution in [1.29, 1.82) is 0 Å². The molecular formula is C15H21N. The third kappa shape index (κ3) is 1.89. The Kier molecular flexibility index (Phi) is 2.96.